The zero-order chi connectivity index (χ0) is 15.5. The Hall–Kier alpha value is -3.20. The van der Waals surface area contributed by atoms with E-state index in [-0.39, 0.29) is 22.9 Å². The lowest BCUT2D eigenvalue weighted by atomic mass is 10.1. The molecule has 1 aromatic heterocycles. The van der Waals surface area contributed by atoms with E-state index in [1.54, 1.807) is 12.1 Å². The van der Waals surface area contributed by atoms with E-state index in [1.807, 2.05) is 6.07 Å². The van der Waals surface area contributed by atoms with Crippen LogP contribution < -0.4 is 4.74 Å². The third-order valence-corrected chi connectivity index (χ3v) is 3.02. The number of nitrogens with zero attached hydrogens (tertiary/aromatic N) is 2. The van der Waals surface area contributed by atoms with Crippen molar-refractivity contribution in [1.82, 2.24) is 10.2 Å². The van der Waals surface area contributed by atoms with Crippen LogP contribution in [0.3, 0.4) is 0 Å². The van der Waals surface area contributed by atoms with Gasteiger partial charge in [-0.15, -0.1) is 0 Å². The van der Waals surface area contributed by atoms with Crippen LogP contribution in [0.25, 0.3) is 11.3 Å². The van der Waals surface area contributed by atoms with E-state index in [1.165, 1.54) is 30.5 Å². The second-order valence-corrected chi connectivity index (χ2v) is 4.48. The zero-order valence-corrected chi connectivity index (χ0v) is 11.2. The molecule has 1 heterocycles. The third kappa shape index (κ3) is 2.65. The molecule has 0 saturated heterocycles. The fraction of sp³-hybridized carbons (Fsp3) is 0. The Morgan fingerprint density at radius 3 is 2.55 bits per heavy atom. The van der Waals surface area contributed by atoms with E-state index in [4.69, 9.17) is 10.00 Å². The number of benzene rings is 2. The lowest BCUT2D eigenvalue weighted by Gasteiger charge is -2.07. The second-order valence-electron chi connectivity index (χ2n) is 4.48. The van der Waals surface area contributed by atoms with Crippen molar-refractivity contribution < 1.29 is 13.5 Å². The summed E-state index contributed by atoms with van der Waals surface area (Å²) in [6, 6.07) is 11.4. The predicted octanol–water partition coefficient (Wildman–Crippen LogP) is 4.02. The van der Waals surface area contributed by atoms with Gasteiger partial charge in [-0.2, -0.15) is 10.4 Å². The molecule has 0 aliphatic heterocycles. The summed E-state index contributed by atoms with van der Waals surface area (Å²) in [5.74, 6) is -0.756. The first-order valence-corrected chi connectivity index (χ1v) is 6.34. The molecule has 0 aliphatic rings. The lowest BCUT2D eigenvalue weighted by molar-refractivity contribution is 0.443. The molecular formula is C16H9F2N3O. The highest BCUT2D eigenvalue weighted by atomic mass is 19.1. The van der Waals surface area contributed by atoms with E-state index < -0.39 is 5.82 Å². The number of hydrogen-bond donors (Lipinski definition) is 1. The van der Waals surface area contributed by atoms with Gasteiger partial charge in [0, 0.05) is 11.6 Å². The van der Waals surface area contributed by atoms with Gasteiger partial charge in [0.2, 0.25) is 0 Å². The molecule has 0 atom stereocenters. The normalized spacial score (nSPS) is 10.2. The molecule has 0 saturated carbocycles. The van der Waals surface area contributed by atoms with Crippen molar-refractivity contribution in [2.75, 3.05) is 0 Å². The van der Waals surface area contributed by atoms with Crippen LogP contribution in [-0.2, 0) is 0 Å². The van der Waals surface area contributed by atoms with Crippen LogP contribution in [0, 0.1) is 23.0 Å². The van der Waals surface area contributed by atoms with Crippen molar-refractivity contribution in [3.05, 3.63) is 65.9 Å². The standard InChI is InChI=1S/C16H9F2N3O/c17-12-4-2-11(3-5-12)16-15(9-20-21-16)22-14-7-10(8-19)1-6-13(14)18/h1-7,9H,(H,20,21). The number of ether oxygens (including phenoxy) is 1. The van der Waals surface area contributed by atoms with Crippen molar-refractivity contribution in [3.8, 4) is 28.8 Å². The maximum Gasteiger partial charge on any atom is 0.173 e. The minimum absolute atomic E-state index is 0.0798. The highest BCUT2D eigenvalue weighted by Crippen LogP contribution is 2.32. The van der Waals surface area contributed by atoms with Crippen LogP contribution >= 0.6 is 0 Å². The first-order valence-electron chi connectivity index (χ1n) is 6.34. The van der Waals surface area contributed by atoms with Gasteiger partial charge in [0.25, 0.3) is 0 Å². The number of nitrogens with one attached hydrogen (secondary N) is 1. The summed E-state index contributed by atoms with van der Waals surface area (Å²) in [4.78, 5) is 0. The monoisotopic (exact) mass is 297 g/mol. The first-order chi connectivity index (χ1) is 10.7. The van der Waals surface area contributed by atoms with E-state index >= 15 is 0 Å². The number of aromatic nitrogens is 2. The molecule has 0 unspecified atom stereocenters. The third-order valence-electron chi connectivity index (χ3n) is 3.02. The quantitative estimate of drug-likeness (QED) is 0.794. The van der Waals surface area contributed by atoms with Crippen LogP contribution in [0.1, 0.15) is 5.56 Å². The van der Waals surface area contributed by atoms with Crippen LogP contribution in [0.4, 0.5) is 8.78 Å². The van der Waals surface area contributed by atoms with Crippen molar-refractivity contribution in [1.29, 1.82) is 5.26 Å². The largest absolute Gasteiger partial charge is 0.450 e. The fourth-order valence-corrected chi connectivity index (χ4v) is 1.95. The van der Waals surface area contributed by atoms with Gasteiger partial charge < -0.3 is 4.74 Å². The molecule has 0 spiro atoms. The number of halogens is 2. The summed E-state index contributed by atoms with van der Waals surface area (Å²) in [6.45, 7) is 0. The minimum Gasteiger partial charge on any atom is -0.450 e. The van der Waals surface area contributed by atoms with E-state index in [9.17, 15) is 8.78 Å². The van der Waals surface area contributed by atoms with Gasteiger partial charge in [0.15, 0.2) is 17.3 Å². The SMILES string of the molecule is N#Cc1ccc(F)c(Oc2cn[nH]c2-c2ccc(F)cc2)c1. The molecule has 3 aromatic rings. The number of hydrogen-bond acceptors (Lipinski definition) is 3. The topological polar surface area (TPSA) is 61.7 Å². The van der Waals surface area contributed by atoms with Crippen LogP contribution in [-0.4, -0.2) is 10.2 Å². The first kappa shape index (κ1) is 13.8. The maximum absolute atomic E-state index is 13.8. The molecule has 0 radical (unpaired) electrons. The fourth-order valence-electron chi connectivity index (χ4n) is 1.95. The number of nitriles is 1. The zero-order valence-electron chi connectivity index (χ0n) is 11.2. The molecule has 0 amide bonds. The van der Waals surface area contributed by atoms with Gasteiger partial charge in [0.1, 0.15) is 11.5 Å². The summed E-state index contributed by atoms with van der Waals surface area (Å²) >= 11 is 0. The van der Waals surface area contributed by atoms with E-state index in [0.717, 1.165) is 6.07 Å². The van der Waals surface area contributed by atoms with E-state index in [2.05, 4.69) is 10.2 Å². The average molecular weight is 297 g/mol. The highest BCUT2D eigenvalue weighted by molar-refractivity contribution is 5.66. The highest BCUT2D eigenvalue weighted by Gasteiger charge is 2.13. The molecule has 2 aromatic carbocycles. The van der Waals surface area contributed by atoms with Gasteiger partial charge in [0.05, 0.1) is 17.8 Å². The van der Waals surface area contributed by atoms with Crippen LogP contribution in [0.5, 0.6) is 11.5 Å². The van der Waals surface area contributed by atoms with Gasteiger partial charge in [-0.25, -0.2) is 8.78 Å². The summed E-state index contributed by atoms with van der Waals surface area (Å²) in [6.07, 6.45) is 1.39. The van der Waals surface area contributed by atoms with Gasteiger partial charge in [-0.05, 0) is 36.4 Å². The van der Waals surface area contributed by atoms with Gasteiger partial charge in [-0.1, -0.05) is 0 Å². The Morgan fingerprint density at radius 2 is 1.82 bits per heavy atom. The summed E-state index contributed by atoms with van der Waals surface area (Å²) < 4.78 is 32.2. The Labute approximate surface area is 124 Å². The van der Waals surface area contributed by atoms with Crippen molar-refractivity contribution >= 4 is 0 Å². The van der Waals surface area contributed by atoms with Crippen LogP contribution in [0.2, 0.25) is 0 Å². The molecule has 4 nitrogen and oxygen atoms in total. The molecule has 0 aliphatic carbocycles. The van der Waals surface area contributed by atoms with Crippen molar-refractivity contribution in [3.63, 3.8) is 0 Å². The Morgan fingerprint density at radius 1 is 1.05 bits per heavy atom. The number of rotatable bonds is 3. The van der Waals surface area contributed by atoms with E-state index in [0.29, 0.717) is 11.3 Å². The average Bonchev–Trinajstić information content (AvgIpc) is 2.98. The molecule has 6 heteroatoms. The molecule has 22 heavy (non-hydrogen) atoms. The molecule has 3 rings (SSSR count). The summed E-state index contributed by atoms with van der Waals surface area (Å²) in [5, 5.41) is 15.4. The molecule has 0 fully saturated rings. The number of H-pyrrole nitrogens is 1. The second kappa shape index (κ2) is 5.66. The molecule has 108 valence electrons. The van der Waals surface area contributed by atoms with Gasteiger partial charge in [-0.3, -0.25) is 5.10 Å². The Kier molecular flexibility index (Phi) is 3.54. The smallest absolute Gasteiger partial charge is 0.173 e. The minimum atomic E-state index is -0.592. The Bertz CT molecular complexity index is 851. The van der Waals surface area contributed by atoms with Crippen molar-refractivity contribution in [2.24, 2.45) is 0 Å². The number of aromatic amines is 1. The molecular weight excluding hydrogens is 288 g/mol. The predicted molar refractivity (Wildman–Crippen MR) is 75.2 cm³/mol. The molecule has 0 bridgehead atoms. The summed E-state index contributed by atoms with van der Waals surface area (Å²) in [7, 11) is 0. The lowest BCUT2D eigenvalue weighted by Crippen LogP contribution is -1.90. The van der Waals surface area contributed by atoms with Crippen LogP contribution in [0.15, 0.2) is 48.7 Å². The maximum atomic E-state index is 13.8. The molecule has 1 N–H and O–H groups in total. The summed E-state index contributed by atoms with van der Waals surface area (Å²) in [5.41, 5.74) is 1.41. The van der Waals surface area contributed by atoms with Crippen molar-refractivity contribution in [2.45, 2.75) is 0 Å². The Balaban J connectivity index is 1.96. The van der Waals surface area contributed by atoms with Gasteiger partial charge >= 0.3 is 0 Å².